The van der Waals surface area contributed by atoms with Crippen LogP contribution in [0.4, 0.5) is 14.5 Å². The van der Waals surface area contributed by atoms with Crippen LogP contribution < -0.4 is 10.1 Å². The summed E-state index contributed by atoms with van der Waals surface area (Å²) in [6.45, 7) is 0. The van der Waals surface area contributed by atoms with Gasteiger partial charge in [0.2, 0.25) is 0 Å². The van der Waals surface area contributed by atoms with E-state index in [1.54, 1.807) is 30.3 Å². The Bertz CT molecular complexity index is 1400. The second-order valence-corrected chi connectivity index (χ2v) is 7.90. The maximum atomic E-state index is 14.4. The highest BCUT2D eigenvalue weighted by Gasteiger charge is 2.18. The zero-order valence-electron chi connectivity index (χ0n) is 18.2. The second kappa shape index (κ2) is 10.8. The molecular weight excluding hydrogens is 472 g/mol. The second-order valence-electron chi connectivity index (χ2n) is 7.46. The van der Waals surface area contributed by atoms with Gasteiger partial charge in [-0.1, -0.05) is 48.0 Å². The van der Waals surface area contributed by atoms with Gasteiger partial charge in [-0.05, 0) is 65.7 Å². The van der Waals surface area contributed by atoms with Gasteiger partial charge >= 0.3 is 5.97 Å². The lowest BCUT2D eigenvalue weighted by Crippen LogP contribution is -2.15. The van der Waals surface area contributed by atoms with Crippen molar-refractivity contribution in [1.29, 1.82) is 0 Å². The Hall–Kier alpha value is -4.29. The van der Waals surface area contributed by atoms with Gasteiger partial charge in [0, 0.05) is 28.4 Å². The van der Waals surface area contributed by atoms with Crippen molar-refractivity contribution in [2.75, 3.05) is 5.32 Å². The SMILES string of the molecule is O=C(/C=C/c1ccccc1)Oc1ccc(-c2ccc(F)cc2F)cc1C(=O)Nc1ccc(Cl)cc1. The minimum absolute atomic E-state index is 0.0114. The average molecular weight is 490 g/mol. The molecule has 0 aliphatic carbocycles. The minimum Gasteiger partial charge on any atom is -0.423 e. The lowest BCUT2D eigenvalue weighted by Gasteiger charge is -2.13. The predicted octanol–water partition coefficient (Wildman–Crippen LogP) is 7.16. The maximum Gasteiger partial charge on any atom is 0.336 e. The first-order chi connectivity index (χ1) is 16.9. The quantitative estimate of drug-likeness (QED) is 0.178. The fourth-order valence-corrected chi connectivity index (χ4v) is 3.42. The third kappa shape index (κ3) is 6.19. The van der Waals surface area contributed by atoms with Gasteiger partial charge in [-0.3, -0.25) is 4.79 Å². The van der Waals surface area contributed by atoms with Crippen molar-refractivity contribution in [1.82, 2.24) is 0 Å². The molecule has 1 amide bonds. The molecule has 0 aliphatic heterocycles. The number of nitrogens with one attached hydrogen (secondary N) is 1. The zero-order chi connectivity index (χ0) is 24.8. The standard InChI is InChI=1S/C28H18ClF2NO3/c29-20-8-11-22(12-9-20)32-28(34)24-16-19(23-13-10-21(30)17-25(23)31)7-14-26(24)35-27(33)15-6-18-4-2-1-3-5-18/h1-17H,(H,32,34)/b15-6+. The number of hydrogen-bond acceptors (Lipinski definition) is 3. The molecule has 4 rings (SSSR count). The molecule has 0 radical (unpaired) electrons. The van der Waals surface area contributed by atoms with Crippen LogP contribution in [0, 0.1) is 11.6 Å². The molecule has 0 aliphatic rings. The molecular formula is C28H18ClF2NO3. The van der Waals surface area contributed by atoms with Gasteiger partial charge in [-0.2, -0.15) is 0 Å². The Labute approximate surface area is 205 Å². The molecule has 7 heteroatoms. The number of hydrogen-bond donors (Lipinski definition) is 1. The first-order valence-corrected chi connectivity index (χ1v) is 10.9. The van der Waals surface area contributed by atoms with E-state index in [1.807, 2.05) is 30.3 Å². The van der Waals surface area contributed by atoms with Crippen molar-refractivity contribution in [3.05, 3.63) is 125 Å². The summed E-state index contributed by atoms with van der Waals surface area (Å²) in [5, 5.41) is 3.20. The number of carbonyl (C=O) groups excluding carboxylic acids is 2. The largest absolute Gasteiger partial charge is 0.423 e. The van der Waals surface area contributed by atoms with Gasteiger partial charge in [0.25, 0.3) is 5.91 Å². The Balaban J connectivity index is 1.66. The number of ether oxygens (including phenoxy) is 1. The zero-order valence-corrected chi connectivity index (χ0v) is 18.9. The Morgan fingerprint density at radius 1 is 0.857 bits per heavy atom. The molecule has 0 aromatic heterocycles. The molecule has 0 saturated carbocycles. The van der Waals surface area contributed by atoms with Crippen LogP contribution in [0.1, 0.15) is 15.9 Å². The van der Waals surface area contributed by atoms with Gasteiger partial charge in [-0.15, -0.1) is 0 Å². The van der Waals surface area contributed by atoms with Crippen molar-refractivity contribution < 1.29 is 23.1 Å². The van der Waals surface area contributed by atoms with E-state index in [0.29, 0.717) is 16.3 Å². The van der Waals surface area contributed by atoms with E-state index < -0.39 is 23.5 Å². The van der Waals surface area contributed by atoms with Crippen LogP contribution >= 0.6 is 11.6 Å². The van der Waals surface area contributed by atoms with E-state index >= 15 is 0 Å². The monoisotopic (exact) mass is 489 g/mol. The van der Waals surface area contributed by atoms with Crippen LogP contribution in [0.3, 0.4) is 0 Å². The molecule has 0 bridgehead atoms. The van der Waals surface area contributed by atoms with Crippen LogP contribution in [0.2, 0.25) is 5.02 Å². The van der Waals surface area contributed by atoms with Gasteiger partial charge in [0.05, 0.1) is 5.56 Å². The predicted molar refractivity (Wildman–Crippen MR) is 132 cm³/mol. The summed E-state index contributed by atoms with van der Waals surface area (Å²) in [6, 6.07) is 23.0. The van der Waals surface area contributed by atoms with E-state index in [-0.39, 0.29) is 16.9 Å². The molecule has 0 unspecified atom stereocenters. The smallest absolute Gasteiger partial charge is 0.336 e. The highest BCUT2D eigenvalue weighted by Crippen LogP contribution is 2.30. The molecule has 4 aromatic rings. The minimum atomic E-state index is -0.787. The van der Waals surface area contributed by atoms with Crippen molar-refractivity contribution in [3.63, 3.8) is 0 Å². The molecule has 4 nitrogen and oxygen atoms in total. The summed E-state index contributed by atoms with van der Waals surface area (Å²) in [5.74, 6) is -2.82. The molecule has 4 aromatic carbocycles. The number of rotatable bonds is 6. The highest BCUT2D eigenvalue weighted by molar-refractivity contribution is 6.30. The third-order valence-electron chi connectivity index (χ3n) is 4.99. The van der Waals surface area contributed by atoms with Crippen LogP contribution in [0.5, 0.6) is 5.75 Å². The van der Waals surface area contributed by atoms with E-state index in [1.165, 1.54) is 30.3 Å². The lowest BCUT2D eigenvalue weighted by molar-refractivity contribution is -0.128. The summed E-state index contributed by atoms with van der Waals surface area (Å²) in [4.78, 5) is 25.5. The molecule has 35 heavy (non-hydrogen) atoms. The third-order valence-corrected chi connectivity index (χ3v) is 5.24. The van der Waals surface area contributed by atoms with Crippen LogP contribution in [0.15, 0.2) is 97.1 Å². The van der Waals surface area contributed by atoms with Crippen LogP contribution in [0.25, 0.3) is 17.2 Å². The van der Waals surface area contributed by atoms with Crippen molar-refractivity contribution in [3.8, 4) is 16.9 Å². The number of esters is 1. The Morgan fingerprint density at radius 2 is 1.60 bits per heavy atom. The van der Waals surface area contributed by atoms with Gasteiger partial charge < -0.3 is 10.1 Å². The first kappa shape index (κ1) is 23.9. The van der Waals surface area contributed by atoms with E-state index in [4.69, 9.17) is 16.3 Å². The molecule has 0 spiro atoms. The topological polar surface area (TPSA) is 55.4 Å². The molecule has 0 atom stereocenters. The van der Waals surface area contributed by atoms with Crippen molar-refractivity contribution in [2.24, 2.45) is 0 Å². The molecule has 0 saturated heterocycles. The van der Waals surface area contributed by atoms with Crippen molar-refractivity contribution in [2.45, 2.75) is 0 Å². The maximum absolute atomic E-state index is 14.4. The summed E-state index contributed by atoms with van der Waals surface area (Å²) >= 11 is 5.90. The number of halogens is 3. The van der Waals surface area contributed by atoms with Gasteiger partial charge in [0.1, 0.15) is 17.4 Å². The Morgan fingerprint density at radius 3 is 2.31 bits per heavy atom. The summed E-state index contributed by atoms with van der Waals surface area (Å²) < 4.78 is 33.2. The summed E-state index contributed by atoms with van der Waals surface area (Å²) in [7, 11) is 0. The van der Waals surface area contributed by atoms with Crippen LogP contribution in [-0.2, 0) is 4.79 Å². The number of amides is 1. The number of anilines is 1. The van der Waals surface area contributed by atoms with Crippen molar-refractivity contribution >= 4 is 35.2 Å². The van der Waals surface area contributed by atoms with Crippen LogP contribution in [-0.4, -0.2) is 11.9 Å². The first-order valence-electron chi connectivity index (χ1n) is 10.5. The fraction of sp³-hybridized carbons (Fsp3) is 0. The fourth-order valence-electron chi connectivity index (χ4n) is 3.29. The van der Waals surface area contributed by atoms with E-state index in [0.717, 1.165) is 17.7 Å². The van der Waals surface area contributed by atoms with E-state index in [9.17, 15) is 18.4 Å². The normalized spacial score (nSPS) is 10.8. The number of benzene rings is 4. The van der Waals surface area contributed by atoms with E-state index in [2.05, 4.69) is 5.32 Å². The lowest BCUT2D eigenvalue weighted by atomic mass is 10.0. The Kier molecular flexibility index (Phi) is 7.33. The summed E-state index contributed by atoms with van der Waals surface area (Å²) in [5.41, 5.74) is 1.64. The molecule has 0 heterocycles. The van der Waals surface area contributed by atoms with Gasteiger partial charge in [-0.25, -0.2) is 13.6 Å². The molecule has 174 valence electrons. The van der Waals surface area contributed by atoms with Gasteiger partial charge in [0.15, 0.2) is 0 Å². The molecule has 1 N–H and O–H groups in total. The highest BCUT2D eigenvalue weighted by atomic mass is 35.5. The average Bonchev–Trinajstić information content (AvgIpc) is 2.85. The summed E-state index contributed by atoms with van der Waals surface area (Å²) in [6.07, 6.45) is 2.82. The molecule has 0 fully saturated rings. The number of carbonyl (C=O) groups is 2.